The predicted molar refractivity (Wildman–Crippen MR) is 113 cm³/mol. The van der Waals surface area contributed by atoms with Gasteiger partial charge in [0.15, 0.2) is 0 Å². The molecule has 1 N–H and O–H groups in total. The Morgan fingerprint density at radius 2 is 1.88 bits per heavy atom. The van der Waals surface area contributed by atoms with Gasteiger partial charge >= 0.3 is 0 Å². The Kier molecular flexibility index (Phi) is 8.28. The molecule has 0 spiro atoms. The zero-order chi connectivity index (χ0) is 18.9. The van der Waals surface area contributed by atoms with Gasteiger partial charge in [0.05, 0.1) is 4.92 Å². The van der Waals surface area contributed by atoms with E-state index in [9.17, 15) is 10.1 Å². The molecular weight excluding hydrogens is 366 g/mol. The number of anilines is 1. The molecule has 1 unspecified atom stereocenters. The smallest absolute Gasteiger partial charge is 0.293 e. The Morgan fingerprint density at radius 1 is 1.15 bits per heavy atom. The van der Waals surface area contributed by atoms with E-state index in [1.807, 2.05) is 50.7 Å². The number of thioether (sulfide) groups is 2. The van der Waals surface area contributed by atoms with Crippen LogP contribution in [0.15, 0.2) is 58.3 Å². The van der Waals surface area contributed by atoms with E-state index in [-0.39, 0.29) is 16.7 Å². The normalized spacial score (nSPS) is 12.2. The Morgan fingerprint density at radius 3 is 2.50 bits per heavy atom. The third-order valence-corrected chi connectivity index (χ3v) is 5.78. The van der Waals surface area contributed by atoms with Crippen LogP contribution >= 0.6 is 23.5 Å². The molecule has 2 rings (SSSR count). The summed E-state index contributed by atoms with van der Waals surface area (Å²) < 4.78 is 0. The zero-order valence-electron chi connectivity index (χ0n) is 15.3. The molecule has 5 nitrogen and oxygen atoms in total. The molecule has 26 heavy (non-hydrogen) atoms. The number of nitrogens with one attached hydrogen (secondary N) is 1. The van der Waals surface area contributed by atoms with E-state index in [2.05, 4.69) is 22.3 Å². The van der Waals surface area contributed by atoms with Gasteiger partial charge in [0.1, 0.15) is 5.69 Å². The highest BCUT2D eigenvalue weighted by molar-refractivity contribution is 7.99. The molecule has 2 aromatic rings. The fourth-order valence-electron chi connectivity index (χ4n) is 2.46. The lowest BCUT2D eigenvalue weighted by molar-refractivity contribution is -0.384. The highest BCUT2D eigenvalue weighted by Crippen LogP contribution is 2.31. The summed E-state index contributed by atoms with van der Waals surface area (Å²) >= 11 is 3.27. The van der Waals surface area contributed by atoms with E-state index in [1.165, 1.54) is 16.7 Å². The van der Waals surface area contributed by atoms with Gasteiger partial charge in [0.25, 0.3) is 5.69 Å². The van der Waals surface area contributed by atoms with E-state index in [4.69, 9.17) is 0 Å². The second-order valence-electron chi connectivity index (χ2n) is 6.20. The molecule has 0 fully saturated rings. The van der Waals surface area contributed by atoms with Crippen molar-refractivity contribution in [1.82, 2.24) is 4.90 Å². The van der Waals surface area contributed by atoms with E-state index in [1.54, 1.807) is 17.8 Å². The Bertz CT molecular complexity index is 711. The first-order valence-corrected chi connectivity index (χ1v) is 10.6. The summed E-state index contributed by atoms with van der Waals surface area (Å²) in [4.78, 5) is 15.4. The van der Waals surface area contributed by atoms with Crippen LogP contribution in [0.4, 0.5) is 11.4 Å². The monoisotopic (exact) mass is 391 g/mol. The number of nitro groups is 1. The van der Waals surface area contributed by atoms with Crippen molar-refractivity contribution in [3.63, 3.8) is 0 Å². The van der Waals surface area contributed by atoms with Crippen molar-refractivity contribution in [2.24, 2.45) is 0 Å². The maximum absolute atomic E-state index is 11.5. The molecule has 0 saturated heterocycles. The minimum Gasteiger partial charge on any atom is -0.376 e. The van der Waals surface area contributed by atoms with Crippen LogP contribution in [0.3, 0.4) is 0 Å². The first kappa shape index (κ1) is 20.6. The SMILES string of the molecule is CSc1ccc(NC(CCN(C)C)CSc2ccccc2)c([N+](=O)[O-])c1. The molecule has 0 heterocycles. The molecular formula is C19H25N3O2S2. The second kappa shape index (κ2) is 10.4. The van der Waals surface area contributed by atoms with Crippen LogP contribution in [-0.4, -0.2) is 48.5 Å². The van der Waals surface area contributed by atoms with Crippen LogP contribution in [0.2, 0.25) is 0 Å². The van der Waals surface area contributed by atoms with Gasteiger partial charge in [-0.05, 0) is 57.6 Å². The lowest BCUT2D eigenvalue weighted by atomic mass is 10.2. The lowest BCUT2D eigenvalue weighted by Gasteiger charge is -2.21. The van der Waals surface area contributed by atoms with Crippen molar-refractivity contribution in [3.8, 4) is 0 Å². The van der Waals surface area contributed by atoms with Crippen LogP contribution in [0.5, 0.6) is 0 Å². The van der Waals surface area contributed by atoms with Crippen LogP contribution < -0.4 is 5.32 Å². The van der Waals surface area contributed by atoms with Gasteiger partial charge in [-0.2, -0.15) is 0 Å². The number of rotatable bonds is 10. The minimum absolute atomic E-state index is 0.136. The summed E-state index contributed by atoms with van der Waals surface area (Å²) in [5.41, 5.74) is 0.724. The molecule has 0 radical (unpaired) electrons. The third-order valence-electron chi connectivity index (χ3n) is 3.88. The molecule has 1 atom stereocenters. The van der Waals surface area contributed by atoms with Crippen molar-refractivity contribution >= 4 is 34.9 Å². The topological polar surface area (TPSA) is 58.4 Å². The summed E-state index contributed by atoms with van der Waals surface area (Å²) in [6.07, 6.45) is 2.83. The maximum atomic E-state index is 11.5. The maximum Gasteiger partial charge on any atom is 0.293 e. The molecule has 0 aliphatic heterocycles. The summed E-state index contributed by atoms with van der Waals surface area (Å²) in [6, 6.07) is 15.7. The van der Waals surface area contributed by atoms with Crippen LogP contribution in [0.1, 0.15) is 6.42 Å². The molecule has 0 aromatic heterocycles. The summed E-state index contributed by atoms with van der Waals surface area (Å²) in [7, 11) is 4.08. The molecule has 2 aromatic carbocycles. The standard InChI is InChI=1S/C19H25N3O2S2/c1-21(2)12-11-15(14-26-16-7-5-4-6-8-16)20-18-10-9-17(25-3)13-19(18)22(23)24/h4-10,13,15,20H,11-12,14H2,1-3H3. The highest BCUT2D eigenvalue weighted by Gasteiger charge is 2.18. The molecule has 0 aliphatic carbocycles. The van der Waals surface area contributed by atoms with Gasteiger partial charge in [-0.25, -0.2) is 0 Å². The van der Waals surface area contributed by atoms with Crippen LogP contribution in [0, 0.1) is 10.1 Å². The van der Waals surface area contributed by atoms with Gasteiger partial charge in [-0.15, -0.1) is 23.5 Å². The van der Waals surface area contributed by atoms with E-state index >= 15 is 0 Å². The van der Waals surface area contributed by atoms with Crippen LogP contribution in [-0.2, 0) is 0 Å². The molecule has 0 bridgehead atoms. The highest BCUT2D eigenvalue weighted by atomic mass is 32.2. The third kappa shape index (κ3) is 6.55. The lowest BCUT2D eigenvalue weighted by Crippen LogP contribution is -2.28. The predicted octanol–water partition coefficient (Wildman–Crippen LogP) is 4.84. The van der Waals surface area contributed by atoms with Crippen molar-refractivity contribution in [2.45, 2.75) is 22.3 Å². The van der Waals surface area contributed by atoms with Crippen molar-refractivity contribution < 1.29 is 4.92 Å². The molecule has 7 heteroatoms. The van der Waals surface area contributed by atoms with Crippen molar-refractivity contribution in [1.29, 1.82) is 0 Å². The average Bonchev–Trinajstić information content (AvgIpc) is 2.64. The summed E-state index contributed by atoms with van der Waals surface area (Å²) in [5, 5.41) is 14.9. The Hall–Kier alpha value is -1.70. The van der Waals surface area contributed by atoms with Crippen LogP contribution in [0.25, 0.3) is 0 Å². The van der Waals surface area contributed by atoms with Gasteiger partial charge in [-0.1, -0.05) is 18.2 Å². The molecule has 0 aliphatic rings. The minimum atomic E-state index is -0.310. The van der Waals surface area contributed by atoms with E-state index in [0.29, 0.717) is 5.69 Å². The Balaban J connectivity index is 2.13. The fraction of sp³-hybridized carbons (Fsp3) is 0.368. The van der Waals surface area contributed by atoms with E-state index in [0.717, 1.165) is 23.6 Å². The number of nitrogens with zero attached hydrogens (tertiary/aromatic N) is 2. The summed E-state index contributed by atoms with van der Waals surface area (Å²) in [5.74, 6) is 0.847. The number of hydrogen-bond donors (Lipinski definition) is 1. The number of nitro benzene ring substituents is 1. The quantitative estimate of drug-likeness (QED) is 0.355. The van der Waals surface area contributed by atoms with Crippen molar-refractivity contribution in [3.05, 3.63) is 58.6 Å². The number of benzene rings is 2. The molecule has 0 amide bonds. The van der Waals surface area contributed by atoms with Gasteiger partial charge < -0.3 is 10.2 Å². The second-order valence-corrected chi connectivity index (χ2v) is 8.17. The van der Waals surface area contributed by atoms with Gasteiger partial charge in [0, 0.05) is 27.7 Å². The first-order chi connectivity index (χ1) is 12.5. The number of hydrogen-bond acceptors (Lipinski definition) is 6. The van der Waals surface area contributed by atoms with Gasteiger partial charge in [0.2, 0.25) is 0 Å². The zero-order valence-corrected chi connectivity index (χ0v) is 17.0. The largest absolute Gasteiger partial charge is 0.376 e. The Labute approximate surface area is 163 Å². The summed E-state index contributed by atoms with van der Waals surface area (Å²) in [6.45, 7) is 0.920. The van der Waals surface area contributed by atoms with E-state index < -0.39 is 0 Å². The van der Waals surface area contributed by atoms with Crippen molar-refractivity contribution in [2.75, 3.05) is 38.0 Å². The first-order valence-electron chi connectivity index (χ1n) is 8.41. The molecule has 0 saturated carbocycles. The van der Waals surface area contributed by atoms with Gasteiger partial charge in [-0.3, -0.25) is 10.1 Å². The average molecular weight is 392 g/mol. The fourth-order valence-corrected chi connectivity index (χ4v) is 3.88. The molecule has 140 valence electrons.